The number of likely N-dealkylation sites (tertiary alicyclic amines) is 1. The van der Waals surface area contributed by atoms with Gasteiger partial charge in [-0.2, -0.15) is 0 Å². The maximum absolute atomic E-state index is 13.0. The molecule has 1 aromatic rings. The highest BCUT2D eigenvalue weighted by molar-refractivity contribution is 5.90. The lowest BCUT2D eigenvalue weighted by Crippen LogP contribution is -2.60. The fourth-order valence-electron chi connectivity index (χ4n) is 4.32. The van der Waals surface area contributed by atoms with Gasteiger partial charge in [0, 0.05) is 19.6 Å². The van der Waals surface area contributed by atoms with Crippen molar-refractivity contribution in [2.24, 2.45) is 5.92 Å². The number of β-amino-alcohol motifs (C(OH)–C–C–N with tert-alkyl or cyclic N) is 1. The van der Waals surface area contributed by atoms with E-state index in [1.54, 1.807) is 10.4 Å². The molecule has 0 spiro atoms. The Hall–Kier alpha value is -1.96. The molecule has 1 aromatic carbocycles. The third kappa shape index (κ3) is 4.54. The van der Waals surface area contributed by atoms with E-state index < -0.39 is 24.0 Å². The molecule has 3 rings (SSSR count). The molecule has 4 N–H and O–H groups in total. The zero-order valence-corrected chi connectivity index (χ0v) is 16.6. The highest BCUT2D eigenvalue weighted by Crippen LogP contribution is 2.31. The second-order valence-corrected chi connectivity index (χ2v) is 8.28. The number of amides is 2. The van der Waals surface area contributed by atoms with Crippen molar-refractivity contribution in [2.75, 3.05) is 19.6 Å². The highest BCUT2D eigenvalue weighted by atomic mass is 16.5. The number of nitrogens with one attached hydrogen (secondary N) is 2. The van der Waals surface area contributed by atoms with E-state index in [9.17, 15) is 14.7 Å². The number of carbonyl (C=O) groups is 2. The van der Waals surface area contributed by atoms with Gasteiger partial charge in [-0.15, -0.1) is 0 Å². The number of nitrogens with zero attached hydrogens (tertiary/aromatic N) is 1. The number of hydrogen-bond donors (Lipinski definition) is 4. The van der Waals surface area contributed by atoms with E-state index in [1.165, 1.54) is 11.1 Å². The Bertz CT molecular complexity index is 701. The van der Waals surface area contributed by atoms with Crippen LogP contribution in [0.3, 0.4) is 0 Å². The minimum absolute atomic E-state index is 0.130. The maximum atomic E-state index is 13.0. The molecule has 154 valence electrons. The number of aliphatic hydroxyl groups is 1. The van der Waals surface area contributed by atoms with Crippen LogP contribution in [0.15, 0.2) is 24.3 Å². The van der Waals surface area contributed by atoms with Crippen LogP contribution in [0.5, 0.6) is 0 Å². The maximum Gasteiger partial charge on any atom is 0.248 e. The third-order valence-electron chi connectivity index (χ3n) is 6.07. The molecule has 0 bridgehead atoms. The molecule has 0 aliphatic carbocycles. The van der Waals surface area contributed by atoms with Gasteiger partial charge in [-0.05, 0) is 42.2 Å². The monoisotopic (exact) mass is 389 g/mol. The van der Waals surface area contributed by atoms with Crippen LogP contribution in [0, 0.1) is 5.92 Å². The number of hydroxylamine groups is 1. The van der Waals surface area contributed by atoms with E-state index in [1.807, 2.05) is 0 Å². The van der Waals surface area contributed by atoms with Gasteiger partial charge in [-0.1, -0.05) is 38.1 Å². The van der Waals surface area contributed by atoms with Gasteiger partial charge in [0.05, 0.1) is 18.1 Å². The number of benzene rings is 1. The van der Waals surface area contributed by atoms with Crippen molar-refractivity contribution >= 4 is 11.8 Å². The molecule has 2 aliphatic rings. The molecule has 0 saturated carbocycles. The van der Waals surface area contributed by atoms with Gasteiger partial charge < -0.3 is 15.3 Å². The molecule has 28 heavy (non-hydrogen) atoms. The molecule has 2 heterocycles. The number of piperidine rings is 2. The molecule has 2 saturated heterocycles. The van der Waals surface area contributed by atoms with E-state index in [0.29, 0.717) is 24.9 Å². The first-order valence-electron chi connectivity index (χ1n) is 10.1. The van der Waals surface area contributed by atoms with Crippen molar-refractivity contribution in [3.05, 3.63) is 35.4 Å². The van der Waals surface area contributed by atoms with E-state index >= 15 is 0 Å². The minimum atomic E-state index is -0.776. The molecule has 2 amide bonds. The van der Waals surface area contributed by atoms with Crippen LogP contribution in [-0.4, -0.2) is 58.8 Å². The van der Waals surface area contributed by atoms with Crippen LogP contribution in [-0.2, 0) is 9.59 Å². The average molecular weight is 389 g/mol. The summed E-state index contributed by atoms with van der Waals surface area (Å²) in [6.45, 7) is 5.93. The Morgan fingerprint density at radius 1 is 1.25 bits per heavy atom. The van der Waals surface area contributed by atoms with Crippen LogP contribution in [0.25, 0.3) is 0 Å². The summed E-state index contributed by atoms with van der Waals surface area (Å²) in [5, 5.41) is 21.8. The van der Waals surface area contributed by atoms with Crippen molar-refractivity contribution in [1.82, 2.24) is 15.7 Å². The molecule has 0 unspecified atom stereocenters. The van der Waals surface area contributed by atoms with Crippen LogP contribution < -0.4 is 10.8 Å². The minimum Gasteiger partial charge on any atom is -0.392 e. The first-order valence-corrected chi connectivity index (χ1v) is 10.1. The van der Waals surface area contributed by atoms with Gasteiger partial charge >= 0.3 is 0 Å². The molecule has 2 fully saturated rings. The lowest BCUT2D eigenvalue weighted by Gasteiger charge is -2.39. The first-order chi connectivity index (χ1) is 13.4. The summed E-state index contributed by atoms with van der Waals surface area (Å²) in [5.41, 5.74) is 4.29. The smallest absolute Gasteiger partial charge is 0.248 e. The van der Waals surface area contributed by atoms with E-state index in [4.69, 9.17) is 5.21 Å². The van der Waals surface area contributed by atoms with Gasteiger partial charge in [0.2, 0.25) is 11.8 Å². The topological polar surface area (TPSA) is 102 Å². The Labute approximate surface area is 166 Å². The molecule has 0 radical (unpaired) electrons. The van der Waals surface area contributed by atoms with Crippen molar-refractivity contribution in [3.8, 4) is 0 Å². The number of carbonyl (C=O) groups excluding carboxylic acids is 2. The van der Waals surface area contributed by atoms with Crippen LogP contribution in [0.2, 0.25) is 0 Å². The predicted octanol–water partition coefficient (Wildman–Crippen LogP) is 1.36. The van der Waals surface area contributed by atoms with Gasteiger partial charge in [0.1, 0.15) is 0 Å². The summed E-state index contributed by atoms with van der Waals surface area (Å²) in [6, 6.07) is 7.99. The molecule has 3 atom stereocenters. The summed E-state index contributed by atoms with van der Waals surface area (Å²) in [4.78, 5) is 26.7. The number of rotatable bonds is 4. The third-order valence-corrected chi connectivity index (χ3v) is 6.07. The summed E-state index contributed by atoms with van der Waals surface area (Å²) < 4.78 is 0. The van der Waals surface area contributed by atoms with Gasteiger partial charge in [0.15, 0.2) is 0 Å². The normalized spacial score (nSPS) is 26.3. The second-order valence-electron chi connectivity index (χ2n) is 8.28. The lowest BCUT2D eigenvalue weighted by molar-refractivity contribution is -0.146. The van der Waals surface area contributed by atoms with Crippen LogP contribution in [0.4, 0.5) is 0 Å². The fourth-order valence-corrected chi connectivity index (χ4v) is 4.32. The fraction of sp³-hybridized carbons (Fsp3) is 0.619. The molecular weight excluding hydrogens is 358 g/mol. The standard InChI is InChI=1S/C21H31N3O4/c1-13(2)15-4-3-5-16(10-15)14-6-8-24(9-7-14)21(27)19-18(20(26)23-28)11-17(25)12-22-19/h3-5,10,13-14,17-19,22,25,28H,6-9,11-12H2,1-2H3,(H,23,26)/t17-,18+,19+/m1/s1. The molecule has 0 aromatic heterocycles. The summed E-state index contributed by atoms with van der Waals surface area (Å²) >= 11 is 0. The van der Waals surface area contributed by atoms with Gasteiger partial charge in [-0.25, -0.2) is 5.48 Å². The summed E-state index contributed by atoms with van der Waals surface area (Å²) in [7, 11) is 0. The van der Waals surface area contributed by atoms with Crippen molar-refractivity contribution < 1.29 is 19.9 Å². The molecule has 2 aliphatic heterocycles. The zero-order valence-electron chi connectivity index (χ0n) is 16.6. The van der Waals surface area contributed by atoms with Gasteiger partial charge in [0.25, 0.3) is 0 Å². The summed E-state index contributed by atoms with van der Waals surface area (Å²) in [6.07, 6.45) is 1.23. The average Bonchev–Trinajstić information content (AvgIpc) is 2.72. The predicted molar refractivity (Wildman–Crippen MR) is 105 cm³/mol. The lowest BCUT2D eigenvalue weighted by atomic mass is 9.85. The van der Waals surface area contributed by atoms with Crippen LogP contribution in [0.1, 0.15) is 56.1 Å². The highest BCUT2D eigenvalue weighted by Gasteiger charge is 2.41. The van der Waals surface area contributed by atoms with Gasteiger partial charge in [-0.3, -0.25) is 14.8 Å². The first kappa shape index (κ1) is 20.8. The van der Waals surface area contributed by atoms with E-state index in [-0.39, 0.29) is 18.9 Å². The van der Waals surface area contributed by atoms with Crippen molar-refractivity contribution in [3.63, 3.8) is 0 Å². The Balaban J connectivity index is 1.63. The van der Waals surface area contributed by atoms with Crippen molar-refractivity contribution in [2.45, 2.75) is 57.1 Å². The van der Waals surface area contributed by atoms with E-state index in [2.05, 4.69) is 43.4 Å². The Morgan fingerprint density at radius 2 is 1.96 bits per heavy atom. The largest absolute Gasteiger partial charge is 0.392 e. The number of hydrogen-bond acceptors (Lipinski definition) is 5. The molecule has 7 nitrogen and oxygen atoms in total. The molecular formula is C21H31N3O4. The van der Waals surface area contributed by atoms with Crippen LogP contribution >= 0.6 is 0 Å². The molecule has 7 heteroatoms. The number of aliphatic hydroxyl groups excluding tert-OH is 1. The Kier molecular flexibility index (Phi) is 6.69. The summed E-state index contributed by atoms with van der Waals surface area (Å²) in [5.74, 6) is -0.620. The zero-order chi connectivity index (χ0) is 20.3. The quantitative estimate of drug-likeness (QED) is 0.460. The SMILES string of the molecule is CC(C)c1cccc(C2CCN(C(=O)[C@H]3NC[C@H](O)C[C@@H]3C(=O)NO)CC2)c1. The van der Waals surface area contributed by atoms with E-state index in [0.717, 1.165) is 12.8 Å². The Morgan fingerprint density at radius 3 is 2.61 bits per heavy atom. The van der Waals surface area contributed by atoms with Crippen molar-refractivity contribution in [1.29, 1.82) is 0 Å². The second kappa shape index (κ2) is 9.03.